The topological polar surface area (TPSA) is 40.5 Å². The predicted octanol–water partition coefficient (Wildman–Crippen LogP) is 7.25. The molecule has 0 spiro atoms. The third kappa shape index (κ3) is 3.94. The van der Waals surface area contributed by atoms with E-state index in [0.717, 1.165) is 54.9 Å². The van der Waals surface area contributed by atoms with E-state index in [1.807, 2.05) is 25.1 Å². The number of aliphatic hydroxyl groups excluding tert-OH is 1. The first-order chi connectivity index (χ1) is 15.6. The lowest BCUT2D eigenvalue weighted by Gasteiger charge is -2.58. The summed E-state index contributed by atoms with van der Waals surface area (Å²) in [6.07, 6.45) is 14.2. The van der Waals surface area contributed by atoms with E-state index < -0.39 is 5.60 Å². The number of rotatable bonds is 5. The monoisotopic (exact) mass is 450 g/mol. The molecule has 3 saturated carbocycles. The van der Waals surface area contributed by atoms with Gasteiger partial charge >= 0.3 is 0 Å². The van der Waals surface area contributed by atoms with Crippen LogP contribution in [0.3, 0.4) is 0 Å². The van der Waals surface area contributed by atoms with E-state index in [9.17, 15) is 10.2 Å². The second kappa shape index (κ2) is 8.52. The average molecular weight is 451 g/mol. The van der Waals surface area contributed by atoms with Crippen molar-refractivity contribution in [1.82, 2.24) is 0 Å². The van der Waals surface area contributed by atoms with E-state index in [-0.39, 0.29) is 6.10 Å². The fourth-order valence-corrected chi connectivity index (χ4v) is 9.27. The van der Waals surface area contributed by atoms with E-state index in [2.05, 4.69) is 39.0 Å². The number of fused-ring (bicyclic) bond motifs is 5. The van der Waals surface area contributed by atoms with Crippen LogP contribution >= 0.6 is 0 Å². The summed E-state index contributed by atoms with van der Waals surface area (Å²) in [4.78, 5) is 0. The third-order valence-corrected chi connectivity index (χ3v) is 11.3. The van der Waals surface area contributed by atoms with Crippen LogP contribution in [0.25, 0.3) is 0 Å². The molecule has 0 heterocycles. The Morgan fingerprint density at radius 1 is 1.03 bits per heavy atom. The van der Waals surface area contributed by atoms with Crippen molar-refractivity contribution in [2.45, 2.75) is 104 Å². The highest BCUT2D eigenvalue weighted by molar-refractivity contribution is 5.25. The summed E-state index contributed by atoms with van der Waals surface area (Å²) in [5.74, 6) is 3.93. The Labute approximate surface area is 201 Å². The number of benzene rings is 1. The van der Waals surface area contributed by atoms with Crippen LogP contribution in [0.1, 0.15) is 97.5 Å². The van der Waals surface area contributed by atoms with Crippen LogP contribution in [0.15, 0.2) is 42.0 Å². The maximum absolute atomic E-state index is 11.2. The van der Waals surface area contributed by atoms with Crippen LogP contribution in [-0.4, -0.2) is 16.3 Å². The molecule has 0 aromatic heterocycles. The minimum atomic E-state index is -0.739. The molecular weight excluding hydrogens is 404 g/mol. The summed E-state index contributed by atoms with van der Waals surface area (Å²) in [6.45, 7) is 9.62. The maximum Gasteiger partial charge on any atom is 0.0868 e. The molecule has 182 valence electrons. The van der Waals surface area contributed by atoms with Crippen LogP contribution in [-0.2, 0) is 5.60 Å². The summed E-state index contributed by atoms with van der Waals surface area (Å²) in [5.41, 5.74) is 2.67. The van der Waals surface area contributed by atoms with Crippen molar-refractivity contribution in [1.29, 1.82) is 0 Å². The zero-order valence-corrected chi connectivity index (χ0v) is 21.4. The number of allylic oxidation sites excluding steroid dienone is 1. The van der Waals surface area contributed by atoms with Crippen LogP contribution in [0, 0.1) is 40.4 Å². The Bertz CT molecular complexity index is 872. The normalized spacial score (nSPS) is 43.0. The molecule has 0 aliphatic heterocycles. The molecule has 0 unspecified atom stereocenters. The first-order valence-electron chi connectivity index (χ1n) is 13.8. The molecule has 0 radical (unpaired) electrons. The number of aliphatic hydroxyl groups is 2. The molecule has 1 aromatic rings. The van der Waals surface area contributed by atoms with Gasteiger partial charge in [0.15, 0.2) is 0 Å². The van der Waals surface area contributed by atoms with Gasteiger partial charge in [0.25, 0.3) is 0 Å². The van der Waals surface area contributed by atoms with Gasteiger partial charge in [-0.05, 0) is 117 Å². The molecule has 0 amide bonds. The zero-order valence-electron chi connectivity index (χ0n) is 21.4. The van der Waals surface area contributed by atoms with E-state index >= 15 is 0 Å². The van der Waals surface area contributed by atoms with E-state index in [1.165, 1.54) is 38.5 Å². The molecular formula is C31H46O2. The van der Waals surface area contributed by atoms with Gasteiger partial charge in [0, 0.05) is 0 Å². The fourth-order valence-electron chi connectivity index (χ4n) is 9.27. The highest BCUT2D eigenvalue weighted by atomic mass is 16.3. The SMILES string of the molecule is C[C@@H](CC[C@@](C)(O)c1ccccc1)[C@@H]1CC[C@@H]2[C@H]3CC=C4C[C@@H](O)CC[C@]4(C)[C@@H]3CC[C@@]21C. The number of hydrogen-bond donors (Lipinski definition) is 2. The molecule has 33 heavy (non-hydrogen) atoms. The van der Waals surface area contributed by atoms with Crippen molar-refractivity contribution < 1.29 is 10.2 Å². The molecule has 0 saturated heterocycles. The van der Waals surface area contributed by atoms with Crippen molar-refractivity contribution in [3.05, 3.63) is 47.5 Å². The lowest BCUT2D eigenvalue weighted by Crippen LogP contribution is -2.50. The van der Waals surface area contributed by atoms with Gasteiger partial charge in [-0.1, -0.05) is 62.8 Å². The molecule has 4 aliphatic carbocycles. The Hall–Kier alpha value is -1.12. The first-order valence-corrected chi connectivity index (χ1v) is 13.8. The molecule has 4 aliphatic rings. The van der Waals surface area contributed by atoms with Gasteiger partial charge in [0.2, 0.25) is 0 Å². The summed E-state index contributed by atoms with van der Waals surface area (Å²) in [6, 6.07) is 10.2. The quantitative estimate of drug-likeness (QED) is 0.464. The lowest BCUT2D eigenvalue weighted by molar-refractivity contribution is -0.0589. The summed E-state index contributed by atoms with van der Waals surface area (Å²) in [7, 11) is 0. The largest absolute Gasteiger partial charge is 0.393 e. The zero-order chi connectivity index (χ0) is 23.4. The average Bonchev–Trinajstić information content (AvgIpc) is 3.16. The molecule has 2 nitrogen and oxygen atoms in total. The minimum Gasteiger partial charge on any atom is -0.393 e. The standard InChI is InChI=1S/C31H46O2/c1-21(14-19-31(4,33)22-8-6-5-7-9-22)26-12-13-27-25-11-10-23-20-24(32)15-17-29(23,2)28(25)16-18-30(26,27)3/h5-10,21,24-28,32-33H,11-20H2,1-4H3/t21-,24-,25+,26-,27+,28+,29-,30+,31+/m0/s1. The van der Waals surface area contributed by atoms with Gasteiger partial charge in [-0.15, -0.1) is 0 Å². The minimum absolute atomic E-state index is 0.112. The highest BCUT2D eigenvalue weighted by Gasteiger charge is 2.59. The van der Waals surface area contributed by atoms with Crippen molar-refractivity contribution in [2.24, 2.45) is 40.4 Å². The van der Waals surface area contributed by atoms with Gasteiger partial charge in [0.1, 0.15) is 0 Å². The summed E-state index contributed by atoms with van der Waals surface area (Å²) < 4.78 is 0. The molecule has 0 bridgehead atoms. The van der Waals surface area contributed by atoms with E-state index in [4.69, 9.17) is 0 Å². The van der Waals surface area contributed by atoms with Crippen LogP contribution in [0.2, 0.25) is 0 Å². The van der Waals surface area contributed by atoms with Gasteiger partial charge in [-0.3, -0.25) is 0 Å². The van der Waals surface area contributed by atoms with Crippen molar-refractivity contribution in [3.8, 4) is 0 Å². The van der Waals surface area contributed by atoms with E-state index in [1.54, 1.807) is 5.57 Å². The van der Waals surface area contributed by atoms with Crippen molar-refractivity contribution >= 4 is 0 Å². The second-order valence-electron chi connectivity index (χ2n) is 13.0. The predicted molar refractivity (Wildman–Crippen MR) is 136 cm³/mol. The van der Waals surface area contributed by atoms with Gasteiger partial charge in [-0.25, -0.2) is 0 Å². The van der Waals surface area contributed by atoms with Gasteiger partial charge in [-0.2, -0.15) is 0 Å². The van der Waals surface area contributed by atoms with Gasteiger partial charge in [0.05, 0.1) is 11.7 Å². The Morgan fingerprint density at radius 2 is 1.79 bits per heavy atom. The van der Waals surface area contributed by atoms with Crippen LogP contribution < -0.4 is 0 Å². The third-order valence-electron chi connectivity index (χ3n) is 11.3. The molecule has 2 heteroatoms. The maximum atomic E-state index is 11.2. The summed E-state index contributed by atoms with van der Waals surface area (Å²) >= 11 is 0. The molecule has 2 N–H and O–H groups in total. The highest BCUT2D eigenvalue weighted by Crippen LogP contribution is 2.67. The molecule has 9 atom stereocenters. The van der Waals surface area contributed by atoms with E-state index in [0.29, 0.717) is 16.7 Å². The Balaban J connectivity index is 1.29. The Kier molecular flexibility index (Phi) is 6.10. The van der Waals surface area contributed by atoms with Crippen molar-refractivity contribution in [2.75, 3.05) is 0 Å². The number of hydrogen-bond acceptors (Lipinski definition) is 2. The first kappa shape index (κ1) is 23.6. The van der Waals surface area contributed by atoms with Crippen LogP contribution in [0.4, 0.5) is 0 Å². The van der Waals surface area contributed by atoms with Crippen molar-refractivity contribution in [3.63, 3.8) is 0 Å². The lowest BCUT2D eigenvalue weighted by atomic mass is 9.47. The smallest absolute Gasteiger partial charge is 0.0868 e. The second-order valence-corrected chi connectivity index (χ2v) is 13.0. The Morgan fingerprint density at radius 3 is 2.55 bits per heavy atom. The van der Waals surface area contributed by atoms with Crippen LogP contribution in [0.5, 0.6) is 0 Å². The summed E-state index contributed by atoms with van der Waals surface area (Å²) in [5, 5.41) is 21.4. The molecule has 1 aromatic carbocycles. The molecule has 3 fully saturated rings. The fraction of sp³-hybridized carbons (Fsp3) is 0.742. The molecule has 5 rings (SSSR count). The van der Waals surface area contributed by atoms with Gasteiger partial charge < -0.3 is 10.2 Å².